The first-order chi connectivity index (χ1) is 14.1. The first kappa shape index (κ1) is 20.5. The van der Waals surface area contributed by atoms with Crippen molar-refractivity contribution in [2.45, 2.75) is 6.92 Å². The Hall–Kier alpha value is -3.25. The Balaban J connectivity index is 1.93. The van der Waals surface area contributed by atoms with Crippen LogP contribution in [0.1, 0.15) is 12.5 Å². The lowest BCUT2D eigenvalue weighted by Crippen LogP contribution is -2.12. The fourth-order valence-electron chi connectivity index (χ4n) is 2.58. The van der Waals surface area contributed by atoms with Crippen LogP contribution in [0.4, 0.5) is 5.69 Å². The normalized spacial score (nSPS) is 16.3. The molecule has 1 aliphatic rings. The summed E-state index contributed by atoms with van der Waals surface area (Å²) in [7, 11) is 0. The molecule has 0 bridgehead atoms. The SMILES string of the molecule is C=CCOc1ccc(/C=C2\SC(=Nc3ccccc3)C(C(=O)OCC)=C2O)cc1. The first-order valence-corrected chi connectivity index (χ1v) is 9.92. The third kappa shape index (κ3) is 5.18. The smallest absolute Gasteiger partial charge is 0.344 e. The van der Waals surface area contributed by atoms with E-state index >= 15 is 0 Å². The van der Waals surface area contributed by atoms with Crippen molar-refractivity contribution in [1.82, 2.24) is 0 Å². The number of hydrogen-bond acceptors (Lipinski definition) is 6. The third-order valence-corrected chi connectivity index (χ3v) is 4.92. The molecule has 2 aromatic rings. The zero-order chi connectivity index (χ0) is 20.6. The molecular formula is C23H21NO4S. The molecule has 0 atom stereocenters. The van der Waals surface area contributed by atoms with Gasteiger partial charge in [-0.3, -0.25) is 0 Å². The zero-order valence-electron chi connectivity index (χ0n) is 16.0. The van der Waals surface area contributed by atoms with Crippen molar-refractivity contribution in [3.63, 3.8) is 0 Å². The molecule has 0 fully saturated rings. The molecule has 148 valence electrons. The number of thioether (sulfide) groups is 1. The van der Waals surface area contributed by atoms with Gasteiger partial charge in [-0.1, -0.05) is 54.7 Å². The average Bonchev–Trinajstić information content (AvgIpc) is 3.03. The second kappa shape index (κ2) is 9.80. The highest BCUT2D eigenvalue weighted by atomic mass is 32.2. The molecule has 29 heavy (non-hydrogen) atoms. The van der Waals surface area contributed by atoms with Gasteiger partial charge in [-0.15, -0.1) is 0 Å². The summed E-state index contributed by atoms with van der Waals surface area (Å²) < 4.78 is 10.6. The largest absolute Gasteiger partial charge is 0.506 e. The van der Waals surface area contributed by atoms with E-state index in [1.807, 2.05) is 54.6 Å². The summed E-state index contributed by atoms with van der Waals surface area (Å²) in [6.07, 6.45) is 3.47. The van der Waals surface area contributed by atoms with Gasteiger partial charge < -0.3 is 14.6 Å². The van der Waals surface area contributed by atoms with E-state index in [0.29, 0.717) is 22.2 Å². The van der Waals surface area contributed by atoms with Crippen LogP contribution < -0.4 is 4.74 Å². The lowest BCUT2D eigenvalue weighted by Gasteiger charge is -2.03. The summed E-state index contributed by atoms with van der Waals surface area (Å²) >= 11 is 1.23. The number of aliphatic hydroxyl groups is 1. The Kier molecular flexibility index (Phi) is 6.92. The Morgan fingerprint density at radius 2 is 1.90 bits per heavy atom. The van der Waals surface area contributed by atoms with Crippen LogP contribution in [0.5, 0.6) is 5.75 Å². The fourth-order valence-corrected chi connectivity index (χ4v) is 3.61. The van der Waals surface area contributed by atoms with Crippen LogP contribution in [-0.2, 0) is 9.53 Å². The molecule has 0 aromatic heterocycles. The van der Waals surface area contributed by atoms with Crippen molar-refractivity contribution in [3.8, 4) is 5.75 Å². The summed E-state index contributed by atoms with van der Waals surface area (Å²) in [4.78, 5) is 17.5. The van der Waals surface area contributed by atoms with Gasteiger partial charge in [-0.05, 0) is 42.8 Å². The monoisotopic (exact) mass is 407 g/mol. The average molecular weight is 407 g/mol. The van der Waals surface area contributed by atoms with Crippen LogP contribution >= 0.6 is 11.8 Å². The van der Waals surface area contributed by atoms with Gasteiger partial charge in [-0.25, -0.2) is 9.79 Å². The molecule has 0 radical (unpaired) electrons. The third-order valence-electron chi connectivity index (χ3n) is 3.90. The van der Waals surface area contributed by atoms with Crippen LogP contribution in [-0.4, -0.2) is 29.3 Å². The van der Waals surface area contributed by atoms with E-state index in [1.165, 1.54) is 11.8 Å². The summed E-state index contributed by atoms with van der Waals surface area (Å²) in [5.41, 5.74) is 1.63. The van der Waals surface area contributed by atoms with Crippen molar-refractivity contribution in [2.24, 2.45) is 4.99 Å². The predicted octanol–water partition coefficient (Wildman–Crippen LogP) is 5.44. The number of rotatable bonds is 7. The van der Waals surface area contributed by atoms with Crippen molar-refractivity contribution in [1.29, 1.82) is 0 Å². The van der Waals surface area contributed by atoms with Gasteiger partial charge in [0.15, 0.2) is 0 Å². The van der Waals surface area contributed by atoms with Crippen LogP contribution in [0.25, 0.3) is 6.08 Å². The second-order valence-electron chi connectivity index (χ2n) is 5.98. The van der Waals surface area contributed by atoms with Gasteiger partial charge >= 0.3 is 5.97 Å². The predicted molar refractivity (Wildman–Crippen MR) is 118 cm³/mol. The Labute approximate surface area is 174 Å². The number of benzene rings is 2. The molecule has 1 heterocycles. The number of ether oxygens (including phenoxy) is 2. The van der Waals surface area contributed by atoms with E-state index in [0.717, 1.165) is 11.3 Å². The van der Waals surface area contributed by atoms with Crippen molar-refractivity contribution in [2.75, 3.05) is 13.2 Å². The van der Waals surface area contributed by atoms with Crippen molar-refractivity contribution in [3.05, 3.63) is 89.1 Å². The molecular weight excluding hydrogens is 386 g/mol. The van der Waals surface area contributed by atoms with E-state index in [4.69, 9.17) is 9.47 Å². The van der Waals surface area contributed by atoms with Gasteiger partial charge in [0.05, 0.1) is 17.2 Å². The Morgan fingerprint density at radius 3 is 2.55 bits per heavy atom. The number of aliphatic imine (C=N–C) groups is 1. The van der Waals surface area contributed by atoms with E-state index in [1.54, 1.807) is 19.1 Å². The van der Waals surface area contributed by atoms with E-state index in [9.17, 15) is 9.90 Å². The highest BCUT2D eigenvalue weighted by molar-refractivity contribution is 8.18. The lowest BCUT2D eigenvalue weighted by molar-refractivity contribution is -0.138. The first-order valence-electron chi connectivity index (χ1n) is 9.10. The van der Waals surface area contributed by atoms with Gasteiger partial charge in [0.25, 0.3) is 0 Å². The Morgan fingerprint density at radius 1 is 1.17 bits per heavy atom. The zero-order valence-corrected chi connectivity index (χ0v) is 16.8. The molecule has 0 saturated carbocycles. The van der Waals surface area contributed by atoms with Crippen molar-refractivity contribution >= 4 is 34.5 Å². The maximum Gasteiger partial charge on any atom is 0.344 e. The number of esters is 1. The van der Waals surface area contributed by atoms with Gasteiger partial charge in [-0.2, -0.15) is 0 Å². The molecule has 2 aromatic carbocycles. The van der Waals surface area contributed by atoms with E-state index < -0.39 is 5.97 Å². The molecule has 1 N–H and O–H groups in total. The molecule has 3 rings (SSSR count). The molecule has 0 spiro atoms. The number of nitrogens with zero attached hydrogens (tertiary/aromatic N) is 1. The van der Waals surface area contributed by atoms with Crippen LogP contribution in [0.15, 0.2) is 88.5 Å². The quantitative estimate of drug-likeness (QED) is 0.489. The minimum atomic E-state index is -0.594. The molecule has 0 saturated heterocycles. The van der Waals surface area contributed by atoms with Crippen molar-refractivity contribution < 1.29 is 19.4 Å². The maximum absolute atomic E-state index is 12.4. The summed E-state index contributed by atoms with van der Waals surface area (Å²) in [6.45, 7) is 5.99. The summed E-state index contributed by atoms with van der Waals surface area (Å²) in [5, 5.41) is 11.1. The molecule has 0 unspecified atom stereocenters. The minimum absolute atomic E-state index is 0.0814. The maximum atomic E-state index is 12.4. The van der Waals surface area contributed by atoms with E-state index in [-0.39, 0.29) is 17.9 Å². The topological polar surface area (TPSA) is 68.1 Å². The number of carbonyl (C=O) groups excluding carboxylic acids is 1. The highest BCUT2D eigenvalue weighted by Gasteiger charge is 2.33. The van der Waals surface area contributed by atoms with Crippen LogP contribution in [0.3, 0.4) is 0 Å². The summed E-state index contributed by atoms with van der Waals surface area (Å²) in [6, 6.07) is 16.7. The van der Waals surface area contributed by atoms with Crippen LogP contribution in [0.2, 0.25) is 0 Å². The highest BCUT2D eigenvalue weighted by Crippen LogP contribution is 2.40. The second-order valence-corrected chi connectivity index (χ2v) is 7.01. The number of aliphatic hydroxyl groups excluding tert-OH is 1. The lowest BCUT2D eigenvalue weighted by atomic mass is 10.1. The fraction of sp³-hybridized carbons (Fsp3) is 0.130. The summed E-state index contributed by atoms with van der Waals surface area (Å²) in [5.74, 6) is 0.00306. The molecule has 5 nitrogen and oxygen atoms in total. The molecule has 1 aliphatic heterocycles. The van der Waals surface area contributed by atoms with Gasteiger partial charge in [0.2, 0.25) is 0 Å². The van der Waals surface area contributed by atoms with Crippen LogP contribution in [0, 0.1) is 0 Å². The molecule has 0 aliphatic carbocycles. The molecule has 6 heteroatoms. The minimum Gasteiger partial charge on any atom is -0.506 e. The number of para-hydroxylation sites is 1. The number of hydrogen-bond donors (Lipinski definition) is 1. The van der Waals surface area contributed by atoms with Gasteiger partial charge in [0.1, 0.15) is 28.7 Å². The number of carbonyl (C=O) groups is 1. The van der Waals surface area contributed by atoms with Gasteiger partial charge in [0, 0.05) is 0 Å². The van der Waals surface area contributed by atoms with E-state index in [2.05, 4.69) is 11.6 Å². The molecule has 0 amide bonds. The Bertz CT molecular complexity index is 976. The standard InChI is InChI=1S/C23H21NO4S/c1-3-14-28-18-12-10-16(11-13-18)15-19-21(25)20(23(26)27-4-2)22(29-19)24-17-8-6-5-7-9-17/h3,5-13,15,25H,1,4,14H2,2H3/b19-15-,24-22?.